The zero-order valence-corrected chi connectivity index (χ0v) is 16.4. The molecule has 2 aliphatic rings. The molecule has 142 valence electrons. The van der Waals surface area contributed by atoms with E-state index in [-0.39, 0.29) is 5.91 Å². The van der Waals surface area contributed by atoms with Gasteiger partial charge in [-0.15, -0.1) is 5.10 Å². The lowest BCUT2D eigenvalue weighted by atomic mass is 10.2. The average Bonchev–Trinajstić information content (AvgIpc) is 3.44. The Morgan fingerprint density at radius 1 is 1.04 bits per heavy atom. The predicted molar refractivity (Wildman–Crippen MR) is 103 cm³/mol. The molecular formula is C18H21BrN6O2. The molecule has 1 saturated heterocycles. The Morgan fingerprint density at radius 2 is 1.70 bits per heavy atom. The second-order valence-electron chi connectivity index (χ2n) is 6.96. The number of carbonyl (C=O) groups is 2. The van der Waals surface area contributed by atoms with Crippen molar-refractivity contribution < 1.29 is 9.59 Å². The Kier molecular flexibility index (Phi) is 4.86. The third-order valence-electron chi connectivity index (χ3n) is 5.04. The van der Waals surface area contributed by atoms with E-state index >= 15 is 0 Å². The molecule has 2 fully saturated rings. The van der Waals surface area contributed by atoms with Crippen LogP contribution in [-0.4, -0.2) is 62.9 Å². The van der Waals surface area contributed by atoms with Gasteiger partial charge >= 0.3 is 6.03 Å². The highest BCUT2D eigenvalue weighted by Gasteiger charge is 2.36. The summed E-state index contributed by atoms with van der Waals surface area (Å²) in [5, 5.41) is 8.52. The third kappa shape index (κ3) is 3.69. The van der Waals surface area contributed by atoms with Crippen LogP contribution in [-0.2, 0) is 0 Å². The van der Waals surface area contributed by atoms with Crippen molar-refractivity contribution in [3.05, 3.63) is 40.1 Å². The van der Waals surface area contributed by atoms with Crippen molar-refractivity contribution >= 4 is 27.9 Å². The molecule has 2 N–H and O–H groups in total. The summed E-state index contributed by atoms with van der Waals surface area (Å²) in [6.45, 7) is 2.05. The van der Waals surface area contributed by atoms with E-state index < -0.39 is 6.03 Å². The number of urea groups is 1. The molecule has 1 aliphatic carbocycles. The summed E-state index contributed by atoms with van der Waals surface area (Å²) in [4.78, 5) is 27.9. The molecule has 8 nitrogen and oxygen atoms in total. The molecule has 9 heteroatoms. The van der Waals surface area contributed by atoms with Gasteiger partial charge in [-0.1, -0.05) is 21.1 Å². The smallest absolute Gasteiger partial charge is 0.314 e. The van der Waals surface area contributed by atoms with E-state index in [4.69, 9.17) is 5.73 Å². The minimum absolute atomic E-state index is 0.119. The van der Waals surface area contributed by atoms with Gasteiger partial charge < -0.3 is 15.5 Å². The van der Waals surface area contributed by atoms with E-state index in [2.05, 4.69) is 26.2 Å². The van der Waals surface area contributed by atoms with Crippen LogP contribution in [0.2, 0.25) is 0 Å². The van der Waals surface area contributed by atoms with Crippen LogP contribution in [0, 0.1) is 0 Å². The molecule has 0 spiro atoms. The SMILES string of the molecule is NC(=O)N1CCCN(C(=O)c2nnn(-c3ccc(Br)cc3)c2C2CC2)CC1. The summed E-state index contributed by atoms with van der Waals surface area (Å²) in [6, 6.07) is 7.36. The Bertz CT molecular complexity index is 861. The predicted octanol–water partition coefficient (Wildman–Crippen LogP) is 2.13. The maximum absolute atomic E-state index is 13.1. The highest BCUT2D eigenvalue weighted by Crippen LogP contribution is 2.42. The monoisotopic (exact) mass is 432 g/mol. The standard InChI is InChI=1S/C18H21BrN6O2/c19-13-4-6-14(7-5-13)25-16(12-2-3-12)15(21-22-25)17(26)23-8-1-9-24(11-10-23)18(20)27/h4-7,12H,1-3,8-11H2,(H2,20,27). The van der Waals surface area contributed by atoms with Crippen LogP contribution in [0.25, 0.3) is 5.69 Å². The van der Waals surface area contributed by atoms with Crippen LogP contribution in [0.15, 0.2) is 28.7 Å². The quantitative estimate of drug-likeness (QED) is 0.802. The minimum atomic E-state index is -0.441. The molecule has 0 unspecified atom stereocenters. The molecule has 0 bridgehead atoms. The van der Waals surface area contributed by atoms with Crippen LogP contribution >= 0.6 is 15.9 Å². The zero-order chi connectivity index (χ0) is 19.0. The molecule has 0 atom stereocenters. The molecular weight excluding hydrogens is 412 g/mol. The number of primary amides is 1. The first-order valence-corrected chi connectivity index (χ1v) is 9.89. The minimum Gasteiger partial charge on any atom is -0.351 e. The average molecular weight is 433 g/mol. The molecule has 2 aromatic rings. The number of nitrogens with zero attached hydrogens (tertiary/aromatic N) is 5. The maximum atomic E-state index is 13.1. The van der Waals surface area contributed by atoms with E-state index in [9.17, 15) is 9.59 Å². The lowest BCUT2D eigenvalue weighted by molar-refractivity contribution is 0.0755. The first kappa shape index (κ1) is 18.0. The molecule has 1 aliphatic heterocycles. The molecule has 0 radical (unpaired) electrons. The van der Waals surface area contributed by atoms with Crippen LogP contribution in [0.4, 0.5) is 4.79 Å². The van der Waals surface area contributed by atoms with Crippen molar-refractivity contribution in [2.45, 2.75) is 25.2 Å². The Labute approximate surface area is 165 Å². The van der Waals surface area contributed by atoms with Crippen molar-refractivity contribution in [2.75, 3.05) is 26.2 Å². The van der Waals surface area contributed by atoms with Gasteiger partial charge in [0.05, 0.1) is 11.4 Å². The van der Waals surface area contributed by atoms with Crippen molar-refractivity contribution in [3.8, 4) is 5.69 Å². The van der Waals surface area contributed by atoms with Crippen molar-refractivity contribution in [3.63, 3.8) is 0 Å². The summed E-state index contributed by atoms with van der Waals surface area (Å²) < 4.78 is 2.77. The fourth-order valence-electron chi connectivity index (χ4n) is 3.43. The number of halogens is 1. The van der Waals surface area contributed by atoms with E-state index in [1.165, 1.54) is 0 Å². The number of nitrogens with two attached hydrogens (primary N) is 1. The molecule has 1 aromatic carbocycles. The van der Waals surface area contributed by atoms with Gasteiger partial charge in [-0.25, -0.2) is 9.48 Å². The summed E-state index contributed by atoms with van der Waals surface area (Å²) >= 11 is 3.44. The Morgan fingerprint density at radius 3 is 2.37 bits per heavy atom. The van der Waals surface area contributed by atoms with Crippen LogP contribution in [0.1, 0.15) is 41.4 Å². The Balaban J connectivity index is 1.61. The van der Waals surface area contributed by atoms with Crippen LogP contribution in [0.3, 0.4) is 0 Å². The second kappa shape index (κ2) is 7.30. The van der Waals surface area contributed by atoms with E-state index in [1.54, 1.807) is 14.5 Å². The molecule has 1 saturated carbocycles. The summed E-state index contributed by atoms with van der Waals surface area (Å²) in [5.74, 6) is 0.197. The van der Waals surface area contributed by atoms with Crippen LogP contribution in [0.5, 0.6) is 0 Å². The normalized spacial score (nSPS) is 17.7. The molecule has 2 heterocycles. The van der Waals surface area contributed by atoms with Gasteiger partial charge in [0.1, 0.15) is 0 Å². The van der Waals surface area contributed by atoms with Gasteiger partial charge in [-0.05, 0) is 43.5 Å². The summed E-state index contributed by atoms with van der Waals surface area (Å²) in [7, 11) is 0. The van der Waals surface area contributed by atoms with Crippen molar-refractivity contribution in [2.24, 2.45) is 5.73 Å². The van der Waals surface area contributed by atoms with Crippen molar-refractivity contribution in [1.82, 2.24) is 24.8 Å². The molecule has 4 rings (SSSR count). The van der Waals surface area contributed by atoms with Gasteiger partial charge in [0.2, 0.25) is 0 Å². The lowest BCUT2D eigenvalue weighted by Gasteiger charge is -2.20. The van der Waals surface area contributed by atoms with Gasteiger partial charge in [0.25, 0.3) is 5.91 Å². The summed E-state index contributed by atoms with van der Waals surface area (Å²) in [5.41, 5.74) is 7.58. The molecule has 3 amide bonds. The maximum Gasteiger partial charge on any atom is 0.314 e. The van der Waals surface area contributed by atoms with Gasteiger partial charge in [0.15, 0.2) is 5.69 Å². The lowest BCUT2D eigenvalue weighted by Crippen LogP contribution is -2.40. The number of amides is 3. The van der Waals surface area contributed by atoms with Crippen molar-refractivity contribution in [1.29, 1.82) is 0 Å². The topological polar surface area (TPSA) is 97.4 Å². The fourth-order valence-corrected chi connectivity index (χ4v) is 3.69. The summed E-state index contributed by atoms with van der Waals surface area (Å²) in [6.07, 6.45) is 2.79. The first-order valence-electron chi connectivity index (χ1n) is 9.10. The van der Waals surface area contributed by atoms with Gasteiger partial charge in [-0.2, -0.15) is 0 Å². The van der Waals surface area contributed by atoms with E-state index in [0.717, 1.165) is 28.7 Å². The van der Waals surface area contributed by atoms with E-state index in [0.29, 0.717) is 44.2 Å². The number of hydrogen-bond donors (Lipinski definition) is 1. The van der Waals surface area contributed by atoms with E-state index in [1.807, 2.05) is 24.3 Å². The number of hydrogen-bond acceptors (Lipinski definition) is 4. The Hall–Kier alpha value is -2.42. The second-order valence-corrected chi connectivity index (χ2v) is 7.87. The third-order valence-corrected chi connectivity index (χ3v) is 5.57. The highest BCUT2D eigenvalue weighted by molar-refractivity contribution is 9.10. The zero-order valence-electron chi connectivity index (χ0n) is 14.8. The fraction of sp³-hybridized carbons (Fsp3) is 0.444. The number of rotatable bonds is 3. The first-order chi connectivity index (χ1) is 13.0. The van der Waals surface area contributed by atoms with Crippen LogP contribution < -0.4 is 5.73 Å². The highest BCUT2D eigenvalue weighted by atomic mass is 79.9. The van der Waals surface area contributed by atoms with Gasteiger partial charge in [-0.3, -0.25) is 4.79 Å². The number of carbonyl (C=O) groups excluding carboxylic acids is 2. The molecule has 1 aromatic heterocycles. The van der Waals surface area contributed by atoms with Gasteiger partial charge in [0, 0.05) is 36.6 Å². The molecule has 27 heavy (non-hydrogen) atoms. The number of aromatic nitrogens is 3. The largest absolute Gasteiger partial charge is 0.351 e. The number of benzene rings is 1.